The topological polar surface area (TPSA) is 144 Å². The molecule has 0 fully saturated rings. The number of likely N-dealkylation sites (N-methyl/N-ethyl adjacent to an activating group) is 1. The summed E-state index contributed by atoms with van der Waals surface area (Å²) in [5.74, 6) is -2.41. The molecule has 2 aliphatic rings. The van der Waals surface area contributed by atoms with Crippen molar-refractivity contribution in [1.82, 2.24) is 9.88 Å². The number of nitrogens with zero attached hydrogens (tertiary/aromatic N) is 2. The number of carbonyl (C=O) groups is 2. The van der Waals surface area contributed by atoms with Crippen LogP contribution in [0.3, 0.4) is 0 Å². The van der Waals surface area contributed by atoms with Gasteiger partial charge in [-0.2, -0.15) is 0 Å². The summed E-state index contributed by atoms with van der Waals surface area (Å²) in [7, 11) is -2.70. The molecule has 2 unspecified atom stereocenters. The van der Waals surface area contributed by atoms with Gasteiger partial charge in [0.2, 0.25) is 5.91 Å². The number of rotatable bonds is 4. The summed E-state index contributed by atoms with van der Waals surface area (Å²) in [5, 5.41) is 5.28. The van der Waals surface area contributed by atoms with E-state index >= 15 is 8.78 Å². The smallest absolute Gasteiger partial charge is 0.411 e. The Kier molecular flexibility index (Phi) is 8.89. The summed E-state index contributed by atoms with van der Waals surface area (Å²) >= 11 is 0. The molecule has 2 aliphatic heterocycles. The van der Waals surface area contributed by atoms with Gasteiger partial charge in [-0.3, -0.25) is 10.1 Å². The number of aromatic nitrogens is 1. The number of hydrogen-bond acceptors (Lipinski definition) is 8. The third-order valence-corrected chi connectivity index (χ3v) is 10.3. The van der Waals surface area contributed by atoms with Crippen LogP contribution in [0.25, 0.3) is 10.8 Å². The van der Waals surface area contributed by atoms with Gasteiger partial charge in [0.25, 0.3) is 0 Å². The zero-order chi connectivity index (χ0) is 33.5. The largest absolute Gasteiger partial charge is 0.449 e. The molecule has 4 aromatic rings. The number of amides is 2. The second-order valence-electron chi connectivity index (χ2n) is 11.8. The zero-order valence-corrected chi connectivity index (χ0v) is 26.8. The first-order valence-corrected chi connectivity index (χ1v) is 16.2. The van der Waals surface area contributed by atoms with E-state index in [1.807, 2.05) is 26.0 Å². The van der Waals surface area contributed by atoms with Crippen LogP contribution in [0.15, 0.2) is 59.6 Å². The highest BCUT2D eigenvalue weighted by atomic mass is 32.2. The van der Waals surface area contributed by atoms with Crippen LogP contribution in [-0.4, -0.2) is 49.2 Å². The Bertz CT molecular complexity index is 1970. The summed E-state index contributed by atoms with van der Waals surface area (Å²) in [6, 6.07) is 11.0. The number of halogens is 2. The highest BCUT2D eigenvalue weighted by Crippen LogP contribution is 2.33. The number of nitrogens with two attached hydrogens (primary N) is 1. The normalized spacial score (nSPS) is 17.7. The van der Waals surface area contributed by atoms with Crippen LogP contribution < -0.4 is 16.4 Å². The van der Waals surface area contributed by atoms with Gasteiger partial charge in [-0.05, 0) is 78.7 Å². The fourth-order valence-corrected chi connectivity index (χ4v) is 6.94. The monoisotopic (exact) mass is 651 g/mol. The fourth-order valence-electron chi connectivity index (χ4n) is 5.65. The Labute approximate surface area is 265 Å². The van der Waals surface area contributed by atoms with Crippen LogP contribution in [0.5, 0.6) is 0 Å². The lowest BCUT2D eigenvalue weighted by molar-refractivity contribution is -0.131. The molecule has 0 radical (unpaired) electrons. The Morgan fingerprint density at radius 1 is 1.09 bits per heavy atom. The van der Waals surface area contributed by atoms with Gasteiger partial charge in [-0.25, -0.2) is 27.0 Å². The van der Waals surface area contributed by atoms with E-state index in [-0.39, 0.29) is 41.5 Å². The van der Waals surface area contributed by atoms with E-state index in [0.717, 1.165) is 17.2 Å². The summed E-state index contributed by atoms with van der Waals surface area (Å²) in [4.78, 5) is 31.5. The summed E-state index contributed by atoms with van der Waals surface area (Å²) < 4.78 is 62.8. The van der Waals surface area contributed by atoms with Crippen molar-refractivity contribution >= 4 is 49.8 Å². The quantitative estimate of drug-likeness (QED) is 0.242. The number of benzene rings is 3. The molecule has 0 aliphatic carbocycles. The standard InChI is InChI=1S/C33H35F2N5O5S/c1-17(2)46(43,44)30-22-12-24(14-27(30)35)39-33(42)45-16-19(4)25-7-6-21(10-18(25)3)29(32(41)40(5)15-22)38-23-11-20-8-9-37-31(36)28(20)26(34)13-23/h6-14,17,19,29,38H,15-16H2,1-5H3,(H2,36,37)(H,39,42). The molecule has 0 saturated carbocycles. The molecule has 0 saturated heterocycles. The number of anilines is 3. The Morgan fingerprint density at radius 2 is 1.83 bits per heavy atom. The first-order valence-electron chi connectivity index (χ1n) is 14.6. The number of carbonyl (C=O) groups excluding carboxylic acids is 2. The molecule has 6 rings (SSSR count). The predicted molar refractivity (Wildman–Crippen MR) is 172 cm³/mol. The van der Waals surface area contributed by atoms with Crippen LogP contribution in [-0.2, 0) is 25.9 Å². The molecule has 10 nitrogen and oxygen atoms in total. The predicted octanol–water partition coefficient (Wildman–Crippen LogP) is 6.06. The summed E-state index contributed by atoms with van der Waals surface area (Å²) in [6.07, 6.45) is 0.615. The van der Waals surface area contributed by atoms with Crippen molar-refractivity contribution in [3.63, 3.8) is 0 Å². The van der Waals surface area contributed by atoms with Gasteiger partial charge in [0.1, 0.15) is 28.4 Å². The first kappa shape index (κ1) is 32.6. The van der Waals surface area contributed by atoms with Gasteiger partial charge >= 0.3 is 6.09 Å². The molecule has 2 atom stereocenters. The minimum atomic E-state index is -4.15. The third kappa shape index (κ3) is 6.32. The number of nitrogen functional groups attached to an aromatic ring is 1. The van der Waals surface area contributed by atoms with Gasteiger partial charge in [0.05, 0.1) is 17.2 Å². The molecular weight excluding hydrogens is 616 g/mol. The molecule has 13 heteroatoms. The van der Waals surface area contributed by atoms with E-state index in [4.69, 9.17) is 10.5 Å². The Balaban J connectivity index is 1.65. The van der Waals surface area contributed by atoms with Crippen molar-refractivity contribution in [2.45, 2.75) is 56.3 Å². The number of sulfone groups is 1. The lowest BCUT2D eigenvalue weighted by Crippen LogP contribution is -2.35. The molecule has 4 N–H and O–H groups in total. The molecule has 0 spiro atoms. The maximum atomic E-state index is 15.6. The maximum Gasteiger partial charge on any atom is 0.411 e. The van der Waals surface area contributed by atoms with E-state index in [2.05, 4.69) is 15.6 Å². The van der Waals surface area contributed by atoms with Crippen LogP contribution in [0, 0.1) is 18.6 Å². The van der Waals surface area contributed by atoms with Crippen molar-refractivity contribution < 1.29 is 31.5 Å². The number of nitrogens with one attached hydrogen (secondary N) is 2. The molecule has 1 aromatic heterocycles. The fraction of sp³-hybridized carbons (Fsp3) is 0.303. The van der Waals surface area contributed by atoms with Gasteiger partial charge in [-0.15, -0.1) is 0 Å². The second-order valence-corrected chi connectivity index (χ2v) is 14.2. The number of fused-ring (bicyclic) bond motifs is 10. The number of aryl methyl sites for hydroxylation is 1. The molecule has 3 aromatic carbocycles. The van der Waals surface area contributed by atoms with E-state index in [1.165, 1.54) is 44.1 Å². The second kappa shape index (κ2) is 12.5. The lowest BCUT2D eigenvalue weighted by atomic mass is 9.93. The zero-order valence-electron chi connectivity index (χ0n) is 26.0. The van der Waals surface area contributed by atoms with Gasteiger partial charge in [0, 0.05) is 37.1 Å². The van der Waals surface area contributed by atoms with E-state index in [9.17, 15) is 18.0 Å². The highest BCUT2D eigenvalue weighted by molar-refractivity contribution is 7.92. The van der Waals surface area contributed by atoms with Crippen LogP contribution in [0.2, 0.25) is 0 Å². The summed E-state index contributed by atoms with van der Waals surface area (Å²) in [6.45, 7) is 6.26. The average Bonchev–Trinajstić information content (AvgIpc) is 2.97. The van der Waals surface area contributed by atoms with Crippen molar-refractivity contribution in [3.8, 4) is 0 Å². The molecular formula is C33H35F2N5O5S. The molecule has 4 bridgehead atoms. The minimum Gasteiger partial charge on any atom is -0.449 e. The number of ether oxygens (including phenoxy) is 1. The van der Waals surface area contributed by atoms with E-state index in [1.54, 1.807) is 18.2 Å². The number of hydrogen-bond donors (Lipinski definition) is 3. The average molecular weight is 652 g/mol. The van der Waals surface area contributed by atoms with Gasteiger partial charge < -0.3 is 20.7 Å². The SMILES string of the molecule is Cc1cc2ccc1C(C)COC(=O)Nc1cc(F)c(S(=O)(=O)C(C)C)c(c1)CN(C)C(=O)C2Nc1cc(F)c2c(N)nccc2c1. The van der Waals surface area contributed by atoms with Crippen molar-refractivity contribution in [2.24, 2.45) is 0 Å². The first-order chi connectivity index (χ1) is 21.7. The number of pyridine rings is 1. The van der Waals surface area contributed by atoms with Gasteiger partial charge in [0.15, 0.2) is 9.84 Å². The molecule has 46 heavy (non-hydrogen) atoms. The van der Waals surface area contributed by atoms with Crippen LogP contribution in [0.1, 0.15) is 55.0 Å². The lowest BCUT2D eigenvalue weighted by Gasteiger charge is -2.28. The van der Waals surface area contributed by atoms with Crippen molar-refractivity contribution in [1.29, 1.82) is 0 Å². The highest BCUT2D eigenvalue weighted by Gasteiger charge is 2.31. The molecule has 2 amide bonds. The minimum absolute atomic E-state index is 0.00112. The van der Waals surface area contributed by atoms with Crippen molar-refractivity contribution in [2.75, 3.05) is 30.0 Å². The van der Waals surface area contributed by atoms with E-state index < -0.39 is 49.7 Å². The summed E-state index contributed by atoms with van der Waals surface area (Å²) in [5.41, 5.74) is 8.36. The van der Waals surface area contributed by atoms with E-state index in [0.29, 0.717) is 16.6 Å². The Hall–Kier alpha value is -4.78. The Morgan fingerprint density at radius 3 is 2.52 bits per heavy atom. The van der Waals surface area contributed by atoms with Gasteiger partial charge in [-0.1, -0.05) is 25.1 Å². The van der Waals surface area contributed by atoms with Crippen LogP contribution >= 0.6 is 0 Å². The molecule has 3 heterocycles. The third-order valence-electron chi connectivity index (χ3n) is 8.08. The maximum absolute atomic E-state index is 15.6. The molecule has 242 valence electrons. The van der Waals surface area contributed by atoms with Crippen molar-refractivity contribution in [3.05, 3.63) is 88.6 Å². The van der Waals surface area contributed by atoms with Crippen LogP contribution in [0.4, 0.5) is 30.8 Å².